The Labute approximate surface area is 147 Å². The van der Waals surface area contributed by atoms with Crippen LogP contribution in [0, 0.1) is 0 Å². The number of nitrogens with one attached hydrogen (secondary N) is 1. The molecule has 132 valence electrons. The Morgan fingerprint density at radius 1 is 1.20 bits per heavy atom. The molecule has 0 atom stereocenters. The highest BCUT2D eigenvalue weighted by Crippen LogP contribution is 2.17. The summed E-state index contributed by atoms with van der Waals surface area (Å²) in [6.45, 7) is 4.82. The standard InChI is InChI=1S/C19H24N4O2/c1-2-3-12-23-17-7-5-4-6-16(17)22-18(23)8-10-20-11-9-19-21-15(13-24)14-25-19/h4-7,13-14,20H,2-3,8-12H2,1H3. The van der Waals surface area contributed by atoms with Gasteiger partial charge in [-0.3, -0.25) is 4.79 Å². The van der Waals surface area contributed by atoms with Crippen molar-refractivity contribution in [3.63, 3.8) is 0 Å². The van der Waals surface area contributed by atoms with E-state index in [9.17, 15) is 4.79 Å². The molecule has 0 amide bonds. The van der Waals surface area contributed by atoms with E-state index in [1.165, 1.54) is 18.2 Å². The molecule has 0 spiro atoms. The number of carbonyl (C=O) groups excluding carboxylic acids is 1. The largest absolute Gasteiger partial charge is 0.448 e. The van der Waals surface area contributed by atoms with Crippen molar-refractivity contribution in [2.24, 2.45) is 0 Å². The van der Waals surface area contributed by atoms with E-state index in [2.05, 4.69) is 40.0 Å². The van der Waals surface area contributed by atoms with E-state index in [0.717, 1.165) is 43.8 Å². The third kappa shape index (κ3) is 4.33. The van der Waals surface area contributed by atoms with Gasteiger partial charge in [-0.2, -0.15) is 0 Å². The highest BCUT2D eigenvalue weighted by molar-refractivity contribution is 5.75. The average molecular weight is 340 g/mol. The lowest BCUT2D eigenvalue weighted by atomic mass is 10.3. The molecule has 6 nitrogen and oxygen atoms in total. The summed E-state index contributed by atoms with van der Waals surface area (Å²) in [5, 5.41) is 3.40. The van der Waals surface area contributed by atoms with Gasteiger partial charge in [-0.25, -0.2) is 9.97 Å². The molecule has 0 saturated carbocycles. The molecule has 0 unspecified atom stereocenters. The Kier molecular flexibility index (Phi) is 5.95. The highest BCUT2D eigenvalue weighted by Gasteiger charge is 2.09. The summed E-state index contributed by atoms with van der Waals surface area (Å²) in [7, 11) is 0. The average Bonchev–Trinajstić information content (AvgIpc) is 3.24. The molecule has 6 heteroatoms. The summed E-state index contributed by atoms with van der Waals surface area (Å²) in [5.41, 5.74) is 2.63. The van der Waals surface area contributed by atoms with Crippen LogP contribution >= 0.6 is 0 Å². The number of oxazole rings is 1. The summed E-state index contributed by atoms with van der Waals surface area (Å²) >= 11 is 0. The van der Waals surface area contributed by atoms with Crippen molar-refractivity contribution < 1.29 is 9.21 Å². The number of rotatable bonds is 10. The van der Waals surface area contributed by atoms with Crippen LogP contribution in [0.3, 0.4) is 0 Å². The van der Waals surface area contributed by atoms with Crippen LogP contribution in [0.15, 0.2) is 34.9 Å². The van der Waals surface area contributed by atoms with E-state index in [1.54, 1.807) is 0 Å². The number of aryl methyl sites for hydroxylation is 1. The third-order valence-electron chi connectivity index (χ3n) is 4.20. The van der Waals surface area contributed by atoms with Gasteiger partial charge in [0, 0.05) is 32.5 Å². The van der Waals surface area contributed by atoms with Gasteiger partial charge in [0.1, 0.15) is 17.8 Å². The Morgan fingerprint density at radius 2 is 2.04 bits per heavy atom. The van der Waals surface area contributed by atoms with Crippen molar-refractivity contribution >= 4 is 17.3 Å². The van der Waals surface area contributed by atoms with Gasteiger partial charge < -0.3 is 14.3 Å². The number of imidazole rings is 1. The second kappa shape index (κ2) is 8.58. The number of fused-ring (bicyclic) bond motifs is 1. The van der Waals surface area contributed by atoms with Gasteiger partial charge in [-0.1, -0.05) is 25.5 Å². The fourth-order valence-corrected chi connectivity index (χ4v) is 2.90. The summed E-state index contributed by atoms with van der Waals surface area (Å²) in [6.07, 6.45) is 5.95. The first-order chi connectivity index (χ1) is 12.3. The lowest BCUT2D eigenvalue weighted by Crippen LogP contribution is -2.21. The van der Waals surface area contributed by atoms with Gasteiger partial charge in [0.2, 0.25) is 0 Å². The molecule has 0 aliphatic heterocycles. The molecule has 2 heterocycles. The molecule has 0 aliphatic carbocycles. The number of hydrogen-bond donors (Lipinski definition) is 1. The van der Waals surface area contributed by atoms with Crippen LogP contribution in [-0.2, 0) is 19.4 Å². The molecule has 2 aromatic heterocycles. The maximum Gasteiger partial charge on any atom is 0.195 e. The number of para-hydroxylation sites is 2. The fraction of sp³-hybridized carbons (Fsp3) is 0.421. The molecular weight excluding hydrogens is 316 g/mol. The number of hydrogen-bond acceptors (Lipinski definition) is 5. The Bertz CT molecular complexity index is 822. The molecule has 25 heavy (non-hydrogen) atoms. The van der Waals surface area contributed by atoms with Crippen molar-refractivity contribution in [1.82, 2.24) is 19.9 Å². The van der Waals surface area contributed by atoms with E-state index in [0.29, 0.717) is 24.3 Å². The number of nitrogens with zero attached hydrogens (tertiary/aromatic N) is 3. The van der Waals surface area contributed by atoms with E-state index in [4.69, 9.17) is 9.40 Å². The van der Waals surface area contributed by atoms with Gasteiger partial charge >= 0.3 is 0 Å². The van der Waals surface area contributed by atoms with Gasteiger partial charge in [-0.15, -0.1) is 0 Å². The quantitative estimate of drug-likeness (QED) is 0.454. The van der Waals surface area contributed by atoms with E-state index >= 15 is 0 Å². The minimum absolute atomic E-state index is 0.347. The van der Waals surface area contributed by atoms with Crippen LogP contribution in [0.5, 0.6) is 0 Å². The molecule has 0 radical (unpaired) electrons. The maximum atomic E-state index is 10.6. The van der Waals surface area contributed by atoms with E-state index in [-0.39, 0.29) is 0 Å². The van der Waals surface area contributed by atoms with E-state index < -0.39 is 0 Å². The Balaban J connectivity index is 1.54. The SMILES string of the molecule is CCCCn1c(CCNCCc2nc(C=O)co2)nc2ccccc21. The molecular formula is C19H24N4O2. The number of aromatic nitrogens is 3. The normalized spacial score (nSPS) is 11.2. The van der Waals surface area contributed by atoms with Gasteiger partial charge in [0.25, 0.3) is 0 Å². The van der Waals surface area contributed by atoms with Crippen molar-refractivity contribution in [3.8, 4) is 0 Å². The van der Waals surface area contributed by atoms with E-state index in [1.807, 2.05) is 6.07 Å². The van der Waals surface area contributed by atoms with Crippen molar-refractivity contribution in [1.29, 1.82) is 0 Å². The number of carbonyl (C=O) groups is 1. The van der Waals surface area contributed by atoms with Crippen LogP contribution in [0.1, 0.15) is 42.0 Å². The number of aldehydes is 1. The Hall–Kier alpha value is -2.47. The van der Waals surface area contributed by atoms with Crippen LogP contribution in [-0.4, -0.2) is 33.9 Å². The molecule has 0 aliphatic rings. The highest BCUT2D eigenvalue weighted by atomic mass is 16.3. The van der Waals surface area contributed by atoms with Crippen LogP contribution < -0.4 is 5.32 Å². The predicted molar refractivity (Wildman–Crippen MR) is 96.8 cm³/mol. The first-order valence-corrected chi connectivity index (χ1v) is 8.86. The zero-order chi connectivity index (χ0) is 17.5. The van der Waals surface area contributed by atoms with Crippen LogP contribution in [0.4, 0.5) is 0 Å². The summed E-state index contributed by atoms with van der Waals surface area (Å²) in [4.78, 5) is 19.4. The zero-order valence-corrected chi connectivity index (χ0v) is 14.6. The van der Waals surface area contributed by atoms with Crippen LogP contribution in [0.2, 0.25) is 0 Å². The predicted octanol–water partition coefficient (Wildman–Crippen LogP) is 3.01. The summed E-state index contributed by atoms with van der Waals surface area (Å²) in [5.74, 6) is 1.71. The third-order valence-corrected chi connectivity index (χ3v) is 4.20. The smallest absolute Gasteiger partial charge is 0.195 e. The molecule has 3 aromatic rings. The molecule has 0 saturated heterocycles. The lowest BCUT2D eigenvalue weighted by Gasteiger charge is -2.09. The second-order valence-corrected chi connectivity index (χ2v) is 6.06. The maximum absolute atomic E-state index is 10.6. The summed E-state index contributed by atoms with van der Waals surface area (Å²) < 4.78 is 7.56. The molecule has 0 bridgehead atoms. The van der Waals surface area contributed by atoms with Gasteiger partial charge in [0.05, 0.1) is 11.0 Å². The minimum Gasteiger partial charge on any atom is -0.448 e. The fourth-order valence-electron chi connectivity index (χ4n) is 2.90. The number of benzene rings is 1. The van der Waals surface area contributed by atoms with Crippen molar-refractivity contribution in [3.05, 3.63) is 47.9 Å². The minimum atomic E-state index is 0.347. The first kappa shape index (κ1) is 17.4. The zero-order valence-electron chi connectivity index (χ0n) is 14.6. The van der Waals surface area contributed by atoms with Crippen LogP contribution in [0.25, 0.3) is 11.0 Å². The molecule has 1 aromatic carbocycles. The first-order valence-electron chi connectivity index (χ1n) is 8.86. The van der Waals surface area contributed by atoms with Crippen molar-refractivity contribution in [2.45, 2.75) is 39.2 Å². The summed E-state index contributed by atoms with van der Waals surface area (Å²) in [6, 6.07) is 8.31. The number of unbranched alkanes of at least 4 members (excludes halogenated alkanes) is 1. The van der Waals surface area contributed by atoms with Gasteiger partial charge in [-0.05, 0) is 18.6 Å². The lowest BCUT2D eigenvalue weighted by molar-refractivity contribution is 0.111. The topological polar surface area (TPSA) is 73.0 Å². The van der Waals surface area contributed by atoms with Gasteiger partial charge in [0.15, 0.2) is 12.2 Å². The second-order valence-electron chi connectivity index (χ2n) is 6.06. The molecule has 0 fully saturated rings. The molecule has 1 N–H and O–H groups in total. The monoisotopic (exact) mass is 340 g/mol. The van der Waals surface area contributed by atoms with Crippen molar-refractivity contribution in [2.75, 3.05) is 13.1 Å². The Morgan fingerprint density at radius 3 is 2.84 bits per heavy atom. The molecule has 3 rings (SSSR count).